The lowest BCUT2D eigenvalue weighted by atomic mass is 10.0. The molecule has 2 aromatic heterocycles. The Hall–Kier alpha value is -3.32. The Morgan fingerprint density at radius 2 is 1.69 bits per heavy atom. The fourth-order valence-electron chi connectivity index (χ4n) is 3.87. The molecule has 0 spiro atoms. The van der Waals surface area contributed by atoms with E-state index in [-0.39, 0.29) is 11.7 Å². The average molecular weight is 392 g/mol. The summed E-state index contributed by atoms with van der Waals surface area (Å²) in [5, 5.41) is 4.64. The molecule has 5 nitrogen and oxygen atoms in total. The maximum Gasteiger partial charge on any atom is 0.254 e. The normalized spacial score (nSPS) is 14.6. The van der Waals surface area contributed by atoms with Gasteiger partial charge in [-0.15, -0.1) is 0 Å². The molecule has 2 aromatic carbocycles. The van der Waals surface area contributed by atoms with E-state index >= 15 is 0 Å². The van der Waals surface area contributed by atoms with Crippen LogP contribution in [0.5, 0.6) is 0 Å². The van der Waals surface area contributed by atoms with Crippen molar-refractivity contribution >= 4 is 27.7 Å². The number of pyridine rings is 1. The fraction of sp³-hybridized carbons (Fsp3) is 0.182. The Balaban J connectivity index is 1.70. The number of fused-ring (bicyclic) bond motifs is 2. The molecule has 0 radical (unpaired) electrons. The largest absolute Gasteiger partial charge is 0.360 e. The van der Waals surface area contributed by atoms with Crippen LogP contribution in [0.15, 0.2) is 48.7 Å². The van der Waals surface area contributed by atoms with Crippen LogP contribution in [-0.4, -0.2) is 47.0 Å². The van der Waals surface area contributed by atoms with Crippen molar-refractivity contribution < 1.29 is 13.6 Å². The molecule has 0 bridgehead atoms. The highest BCUT2D eigenvalue weighted by Crippen LogP contribution is 2.31. The number of hydrogen-bond donors (Lipinski definition) is 2. The third-order valence-corrected chi connectivity index (χ3v) is 5.33. The molecule has 1 aliphatic rings. The first-order valence-corrected chi connectivity index (χ1v) is 9.47. The Labute approximate surface area is 165 Å². The van der Waals surface area contributed by atoms with Gasteiger partial charge in [0.25, 0.3) is 5.91 Å². The highest BCUT2D eigenvalue weighted by Gasteiger charge is 2.22. The molecule has 3 heterocycles. The van der Waals surface area contributed by atoms with E-state index in [1.54, 1.807) is 29.3 Å². The maximum atomic E-state index is 13.9. The third-order valence-electron chi connectivity index (χ3n) is 5.33. The van der Waals surface area contributed by atoms with Gasteiger partial charge in [-0.1, -0.05) is 0 Å². The zero-order valence-electron chi connectivity index (χ0n) is 15.5. The van der Waals surface area contributed by atoms with Crippen LogP contribution in [0.3, 0.4) is 0 Å². The van der Waals surface area contributed by atoms with E-state index in [4.69, 9.17) is 0 Å². The molecular weight excluding hydrogens is 374 g/mol. The van der Waals surface area contributed by atoms with Gasteiger partial charge in [-0.2, -0.15) is 0 Å². The van der Waals surface area contributed by atoms with Crippen LogP contribution in [0.25, 0.3) is 33.1 Å². The van der Waals surface area contributed by atoms with Crippen molar-refractivity contribution in [3.8, 4) is 11.3 Å². The van der Waals surface area contributed by atoms with Crippen molar-refractivity contribution in [3.63, 3.8) is 0 Å². The third kappa shape index (κ3) is 3.13. The number of aromatic amines is 1. The van der Waals surface area contributed by atoms with Crippen molar-refractivity contribution in [1.29, 1.82) is 0 Å². The minimum Gasteiger partial charge on any atom is -0.360 e. The first kappa shape index (κ1) is 17.8. The summed E-state index contributed by atoms with van der Waals surface area (Å²) in [6.07, 6.45) is 1.73. The van der Waals surface area contributed by atoms with Crippen molar-refractivity contribution in [2.75, 3.05) is 26.2 Å². The maximum absolute atomic E-state index is 13.9. The van der Waals surface area contributed by atoms with Gasteiger partial charge in [0, 0.05) is 60.3 Å². The molecule has 1 aliphatic heterocycles. The van der Waals surface area contributed by atoms with Crippen molar-refractivity contribution in [2.24, 2.45) is 0 Å². The topological polar surface area (TPSA) is 61.0 Å². The van der Waals surface area contributed by atoms with Gasteiger partial charge < -0.3 is 15.2 Å². The predicted molar refractivity (Wildman–Crippen MR) is 108 cm³/mol. The summed E-state index contributed by atoms with van der Waals surface area (Å²) >= 11 is 0. The number of carbonyl (C=O) groups excluding carboxylic acids is 1. The number of hydrogen-bond acceptors (Lipinski definition) is 3. The van der Waals surface area contributed by atoms with Gasteiger partial charge in [-0.05, 0) is 36.4 Å². The quantitative estimate of drug-likeness (QED) is 0.547. The number of halogens is 2. The monoisotopic (exact) mass is 392 g/mol. The second-order valence-corrected chi connectivity index (χ2v) is 7.15. The van der Waals surface area contributed by atoms with Gasteiger partial charge in [0.1, 0.15) is 11.6 Å². The van der Waals surface area contributed by atoms with Crippen LogP contribution in [-0.2, 0) is 0 Å². The highest BCUT2D eigenvalue weighted by molar-refractivity contribution is 6.08. The second-order valence-electron chi connectivity index (χ2n) is 7.15. The number of nitrogens with zero attached hydrogens (tertiary/aromatic N) is 2. The van der Waals surface area contributed by atoms with Gasteiger partial charge in [0.2, 0.25) is 0 Å². The summed E-state index contributed by atoms with van der Waals surface area (Å²) in [5.74, 6) is -0.852. The van der Waals surface area contributed by atoms with E-state index in [1.807, 2.05) is 0 Å². The predicted octanol–water partition coefficient (Wildman–Crippen LogP) is 3.71. The molecule has 0 atom stereocenters. The molecule has 7 heteroatoms. The Bertz CT molecular complexity index is 1240. The highest BCUT2D eigenvalue weighted by atomic mass is 19.1. The van der Waals surface area contributed by atoms with E-state index in [2.05, 4.69) is 15.3 Å². The second kappa shape index (κ2) is 6.93. The van der Waals surface area contributed by atoms with Crippen LogP contribution < -0.4 is 5.32 Å². The smallest absolute Gasteiger partial charge is 0.254 e. The summed E-state index contributed by atoms with van der Waals surface area (Å²) in [7, 11) is 0. The van der Waals surface area contributed by atoms with Gasteiger partial charge in [-0.3, -0.25) is 4.79 Å². The number of amides is 1. The summed E-state index contributed by atoms with van der Waals surface area (Å²) in [4.78, 5) is 22.7. The van der Waals surface area contributed by atoms with Gasteiger partial charge in [0.15, 0.2) is 0 Å². The lowest BCUT2D eigenvalue weighted by molar-refractivity contribution is 0.0738. The van der Waals surface area contributed by atoms with Crippen LogP contribution in [0.4, 0.5) is 8.78 Å². The number of piperazine rings is 1. The van der Waals surface area contributed by atoms with Gasteiger partial charge in [-0.25, -0.2) is 13.8 Å². The number of H-pyrrole nitrogens is 1. The minimum absolute atomic E-state index is 0.0994. The number of rotatable bonds is 2. The summed E-state index contributed by atoms with van der Waals surface area (Å²) in [5.41, 5.74) is 2.82. The van der Waals surface area contributed by atoms with E-state index in [0.717, 1.165) is 24.0 Å². The SMILES string of the molecule is O=C(c1cc(-c2c[nH]c3cc(F)ccc23)nc2cc(F)ccc12)N1CCNCC1. The molecule has 29 heavy (non-hydrogen) atoms. The van der Waals surface area contributed by atoms with Gasteiger partial charge >= 0.3 is 0 Å². The lowest BCUT2D eigenvalue weighted by Gasteiger charge is -2.28. The standard InChI is InChI=1S/C22H18F2N4O/c23-13-2-4-16-18(12-26-19(16)9-13)21-11-17(22(29)28-7-5-25-6-8-28)15-3-1-14(24)10-20(15)27-21/h1-4,9-12,25-26H,5-8H2. The van der Waals surface area contributed by atoms with E-state index in [1.165, 1.54) is 24.3 Å². The number of carbonyl (C=O) groups is 1. The summed E-state index contributed by atoms with van der Waals surface area (Å²) in [6.45, 7) is 2.71. The molecule has 5 rings (SSSR count). The summed E-state index contributed by atoms with van der Waals surface area (Å²) in [6, 6.07) is 10.5. The van der Waals surface area contributed by atoms with Crippen LogP contribution >= 0.6 is 0 Å². The first-order valence-electron chi connectivity index (χ1n) is 9.47. The molecule has 1 amide bonds. The van der Waals surface area contributed by atoms with E-state index in [9.17, 15) is 13.6 Å². The molecule has 0 saturated carbocycles. The molecular formula is C22H18F2N4O. The Kier molecular flexibility index (Phi) is 4.24. The van der Waals surface area contributed by atoms with Crippen LogP contribution in [0, 0.1) is 11.6 Å². The number of benzene rings is 2. The molecule has 1 fully saturated rings. The lowest BCUT2D eigenvalue weighted by Crippen LogP contribution is -2.46. The van der Waals surface area contributed by atoms with Crippen molar-refractivity contribution in [1.82, 2.24) is 20.2 Å². The molecule has 4 aromatic rings. The fourth-order valence-corrected chi connectivity index (χ4v) is 3.87. The zero-order chi connectivity index (χ0) is 20.0. The number of aromatic nitrogens is 2. The zero-order valence-corrected chi connectivity index (χ0v) is 15.5. The van der Waals surface area contributed by atoms with Crippen LogP contribution in [0.2, 0.25) is 0 Å². The van der Waals surface area contributed by atoms with Crippen molar-refractivity contribution in [2.45, 2.75) is 0 Å². The van der Waals surface area contributed by atoms with E-state index in [0.29, 0.717) is 40.8 Å². The van der Waals surface area contributed by atoms with Crippen molar-refractivity contribution in [3.05, 3.63) is 65.9 Å². The molecule has 0 unspecified atom stereocenters. The first-order chi connectivity index (χ1) is 14.1. The van der Waals surface area contributed by atoms with E-state index < -0.39 is 5.82 Å². The number of nitrogens with one attached hydrogen (secondary N) is 2. The summed E-state index contributed by atoms with van der Waals surface area (Å²) < 4.78 is 27.4. The minimum atomic E-state index is -0.413. The Morgan fingerprint density at radius 1 is 0.966 bits per heavy atom. The Morgan fingerprint density at radius 3 is 2.48 bits per heavy atom. The molecule has 146 valence electrons. The molecule has 0 aliphatic carbocycles. The van der Waals surface area contributed by atoms with Crippen LogP contribution in [0.1, 0.15) is 10.4 Å². The van der Waals surface area contributed by atoms with Gasteiger partial charge in [0.05, 0.1) is 16.8 Å². The molecule has 1 saturated heterocycles. The molecule has 2 N–H and O–H groups in total. The average Bonchev–Trinajstić information content (AvgIpc) is 3.15.